The summed E-state index contributed by atoms with van der Waals surface area (Å²) >= 11 is 0. The molecular formula is C10H14O2. The summed E-state index contributed by atoms with van der Waals surface area (Å²) in [5.41, 5.74) is 1.26. The highest BCUT2D eigenvalue weighted by molar-refractivity contribution is 5.67. The van der Waals surface area contributed by atoms with Gasteiger partial charge in [0, 0.05) is 0 Å². The van der Waals surface area contributed by atoms with Crippen LogP contribution in [0.3, 0.4) is 0 Å². The number of hydrogen-bond acceptors (Lipinski definition) is 1. The fourth-order valence-electron chi connectivity index (χ4n) is 1.42. The van der Waals surface area contributed by atoms with Crippen LogP contribution in [0.25, 0.3) is 0 Å². The molecule has 1 atom stereocenters. The van der Waals surface area contributed by atoms with Crippen molar-refractivity contribution in [2.45, 2.75) is 26.2 Å². The summed E-state index contributed by atoms with van der Waals surface area (Å²) < 4.78 is 0. The van der Waals surface area contributed by atoms with Gasteiger partial charge in [0.15, 0.2) is 0 Å². The van der Waals surface area contributed by atoms with E-state index in [0.717, 1.165) is 12.8 Å². The molecule has 0 saturated carbocycles. The molecule has 0 aromatic carbocycles. The van der Waals surface area contributed by atoms with Gasteiger partial charge in [-0.15, -0.1) is 0 Å². The fraction of sp³-hybridized carbons (Fsp3) is 0.500. The third-order valence-electron chi connectivity index (χ3n) is 2.16. The quantitative estimate of drug-likeness (QED) is 0.698. The monoisotopic (exact) mass is 166 g/mol. The number of carbonyl (C=O) groups is 1. The normalized spacial score (nSPS) is 18.6. The van der Waals surface area contributed by atoms with Crippen LogP contribution < -0.4 is 0 Å². The minimum absolute atomic E-state index is 0.187. The Bertz CT molecular complexity index is 226. The van der Waals surface area contributed by atoms with Crippen LogP contribution in [0.15, 0.2) is 23.8 Å². The Morgan fingerprint density at radius 1 is 1.75 bits per heavy atom. The van der Waals surface area contributed by atoms with E-state index in [4.69, 9.17) is 5.11 Å². The van der Waals surface area contributed by atoms with Gasteiger partial charge in [0.25, 0.3) is 0 Å². The highest BCUT2D eigenvalue weighted by Gasteiger charge is 2.12. The molecule has 0 saturated heterocycles. The smallest absolute Gasteiger partial charge is 0.303 e. The van der Waals surface area contributed by atoms with Crippen LogP contribution in [0.5, 0.6) is 0 Å². The number of hydrogen-bond donors (Lipinski definition) is 1. The molecule has 1 rings (SSSR count). The summed E-state index contributed by atoms with van der Waals surface area (Å²) in [6, 6.07) is 0. The van der Waals surface area contributed by atoms with Gasteiger partial charge in [0.2, 0.25) is 0 Å². The number of carboxylic acids is 1. The van der Waals surface area contributed by atoms with E-state index < -0.39 is 5.97 Å². The molecule has 12 heavy (non-hydrogen) atoms. The van der Waals surface area contributed by atoms with Gasteiger partial charge in [-0.05, 0) is 18.8 Å². The Balaban J connectivity index is 2.51. The molecule has 0 aromatic heterocycles. The van der Waals surface area contributed by atoms with Gasteiger partial charge in [-0.2, -0.15) is 0 Å². The molecule has 0 spiro atoms. The highest BCUT2D eigenvalue weighted by Crippen LogP contribution is 2.22. The van der Waals surface area contributed by atoms with Crippen molar-refractivity contribution in [3.8, 4) is 0 Å². The SMILES string of the molecule is CC(CC(=O)O)C1=CC=CCC1. The zero-order valence-electron chi connectivity index (χ0n) is 7.29. The highest BCUT2D eigenvalue weighted by atomic mass is 16.4. The van der Waals surface area contributed by atoms with Crippen molar-refractivity contribution in [2.75, 3.05) is 0 Å². The maximum atomic E-state index is 10.4. The second kappa shape index (κ2) is 4.10. The van der Waals surface area contributed by atoms with Crippen LogP contribution in [-0.4, -0.2) is 11.1 Å². The number of carboxylic acid groups (broad SMARTS) is 1. The van der Waals surface area contributed by atoms with E-state index >= 15 is 0 Å². The Morgan fingerprint density at radius 3 is 3.00 bits per heavy atom. The van der Waals surface area contributed by atoms with E-state index in [9.17, 15) is 4.79 Å². The van der Waals surface area contributed by atoms with Crippen molar-refractivity contribution in [1.29, 1.82) is 0 Å². The lowest BCUT2D eigenvalue weighted by atomic mass is 9.91. The van der Waals surface area contributed by atoms with Gasteiger partial charge < -0.3 is 5.11 Å². The molecule has 1 aliphatic rings. The standard InChI is InChI=1S/C10H14O2/c1-8(7-10(11)12)9-5-3-2-4-6-9/h2-3,5,8H,4,6-7H2,1H3,(H,11,12). The Labute approximate surface area is 72.6 Å². The predicted octanol–water partition coefficient (Wildman–Crippen LogP) is 2.37. The van der Waals surface area contributed by atoms with Gasteiger partial charge in [-0.3, -0.25) is 4.79 Å². The van der Waals surface area contributed by atoms with Gasteiger partial charge in [-0.25, -0.2) is 0 Å². The third-order valence-corrected chi connectivity index (χ3v) is 2.16. The lowest BCUT2D eigenvalue weighted by molar-refractivity contribution is -0.137. The average molecular weight is 166 g/mol. The van der Waals surface area contributed by atoms with Crippen molar-refractivity contribution >= 4 is 5.97 Å². The van der Waals surface area contributed by atoms with Crippen LogP contribution in [0.2, 0.25) is 0 Å². The number of allylic oxidation sites excluding steroid dienone is 4. The summed E-state index contributed by atoms with van der Waals surface area (Å²) in [6.45, 7) is 1.97. The van der Waals surface area contributed by atoms with Gasteiger partial charge in [0.05, 0.1) is 6.42 Å². The predicted molar refractivity (Wildman–Crippen MR) is 47.9 cm³/mol. The summed E-state index contributed by atoms with van der Waals surface area (Å²) in [5.74, 6) is -0.523. The summed E-state index contributed by atoms with van der Waals surface area (Å²) in [5, 5.41) is 8.57. The van der Waals surface area contributed by atoms with Gasteiger partial charge in [-0.1, -0.05) is 30.7 Å². The zero-order chi connectivity index (χ0) is 8.97. The van der Waals surface area contributed by atoms with Crippen molar-refractivity contribution in [2.24, 2.45) is 5.92 Å². The fourth-order valence-corrected chi connectivity index (χ4v) is 1.42. The Kier molecular flexibility index (Phi) is 3.09. The molecule has 1 unspecified atom stereocenters. The van der Waals surface area contributed by atoms with E-state index in [1.165, 1.54) is 5.57 Å². The van der Waals surface area contributed by atoms with Crippen molar-refractivity contribution in [1.82, 2.24) is 0 Å². The topological polar surface area (TPSA) is 37.3 Å². The molecule has 0 aromatic rings. The van der Waals surface area contributed by atoms with E-state index in [2.05, 4.69) is 6.08 Å². The van der Waals surface area contributed by atoms with Crippen LogP contribution in [0.1, 0.15) is 26.2 Å². The van der Waals surface area contributed by atoms with Crippen LogP contribution in [0.4, 0.5) is 0 Å². The first-order valence-electron chi connectivity index (χ1n) is 4.27. The van der Waals surface area contributed by atoms with E-state index in [1.807, 2.05) is 19.1 Å². The summed E-state index contributed by atoms with van der Waals surface area (Å²) in [7, 11) is 0. The average Bonchev–Trinajstić information content (AvgIpc) is 2.05. The zero-order valence-corrected chi connectivity index (χ0v) is 7.29. The van der Waals surface area contributed by atoms with E-state index in [-0.39, 0.29) is 12.3 Å². The van der Waals surface area contributed by atoms with Crippen LogP contribution >= 0.6 is 0 Å². The summed E-state index contributed by atoms with van der Waals surface area (Å²) in [6.07, 6.45) is 8.48. The second-order valence-corrected chi connectivity index (χ2v) is 3.21. The largest absolute Gasteiger partial charge is 0.481 e. The van der Waals surface area contributed by atoms with Crippen molar-refractivity contribution < 1.29 is 9.90 Å². The minimum atomic E-state index is -0.710. The maximum Gasteiger partial charge on any atom is 0.303 e. The Hall–Kier alpha value is -1.05. The van der Waals surface area contributed by atoms with Crippen LogP contribution in [0, 0.1) is 5.92 Å². The molecule has 0 fully saturated rings. The molecule has 1 N–H and O–H groups in total. The van der Waals surface area contributed by atoms with Gasteiger partial charge >= 0.3 is 5.97 Å². The molecule has 0 aliphatic heterocycles. The first-order chi connectivity index (χ1) is 5.70. The summed E-state index contributed by atoms with van der Waals surface area (Å²) in [4.78, 5) is 10.4. The molecule has 0 heterocycles. The molecular weight excluding hydrogens is 152 g/mol. The second-order valence-electron chi connectivity index (χ2n) is 3.21. The van der Waals surface area contributed by atoms with Crippen molar-refractivity contribution in [3.05, 3.63) is 23.8 Å². The first-order valence-corrected chi connectivity index (χ1v) is 4.27. The molecule has 2 heteroatoms. The third kappa shape index (κ3) is 2.53. The van der Waals surface area contributed by atoms with E-state index in [0.29, 0.717) is 0 Å². The molecule has 1 aliphatic carbocycles. The molecule has 66 valence electrons. The molecule has 2 nitrogen and oxygen atoms in total. The number of rotatable bonds is 3. The lowest BCUT2D eigenvalue weighted by Gasteiger charge is -2.14. The Morgan fingerprint density at radius 2 is 2.50 bits per heavy atom. The molecule has 0 bridgehead atoms. The lowest BCUT2D eigenvalue weighted by Crippen LogP contribution is -2.07. The minimum Gasteiger partial charge on any atom is -0.481 e. The van der Waals surface area contributed by atoms with Crippen molar-refractivity contribution in [3.63, 3.8) is 0 Å². The number of aliphatic carboxylic acids is 1. The first kappa shape index (κ1) is 9.04. The molecule has 0 amide bonds. The maximum absolute atomic E-state index is 10.4. The van der Waals surface area contributed by atoms with Gasteiger partial charge in [0.1, 0.15) is 0 Å². The van der Waals surface area contributed by atoms with Crippen LogP contribution in [-0.2, 0) is 4.79 Å². The van der Waals surface area contributed by atoms with E-state index in [1.54, 1.807) is 0 Å². The molecule has 0 radical (unpaired) electrons.